The minimum Gasteiger partial charge on any atom is -0.462 e. The van der Waals surface area contributed by atoms with Crippen LogP contribution in [0.5, 0.6) is 0 Å². The molecule has 1 fully saturated rings. The first-order valence-corrected chi connectivity index (χ1v) is 8.76. The molecule has 3 rings (SSSR count). The molecule has 0 aliphatic carbocycles. The van der Waals surface area contributed by atoms with E-state index < -0.39 is 29.7 Å². The van der Waals surface area contributed by atoms with Crippen LogP contribution in [-0.4, -0.2) is 36.3 Å². The molecular formula is C20H19N3O5. The van der Waals surface area contributed by atoms with Crippen molar-refractivity contribution in [3.63, 3.8) is 0 Å². The van der Waals surface area contributed by atoms with Crippen LogP contribution in [0.3, 0.4) is 0 Å². The van der Waals surface area contributed by atoms with Crippen LogP contribution >= 0.6 is 0 Å². The Bertz CT molecular complexity index is 896. The summed E-state index contributed by atoms with van der Waals surface area (Å²) in [6.45, 7) is 1.96. The highest BCUT2D eigenvalue weighted by molar-refractivity contribution is 6.22. The maximum Gasteiger partial charge on any atom is 0.338 e. The van der Waals surface area contributed by atoms with E-state index in [1.54, 1.807) is 37.3 Å². The van der Waals surface area contributed by atoms with Crippen molar-refractivity contribution in [3.05, 3.63) is 65.7 Å². The first-order valence-electron chi connectivity index (χ1n) is 8.76. The maximum atomic E-state index is 12.6. The van der Waals surface area contributed by atoms with Gasteiger partial charge in [0.2, 0.25) is 5.91 Å². The summed E-state index contributed by atoms with van der Waals surface area (Å²) in [6, 6.07) is 13.6. The van der Waals surface area contributed by atoms with Crippen molar-refractivity contribution in [3.8, 4) is 0 Å². The molecule has 8 heteroatoms. The Kier molecular flexibility index (Phi) is 5.81. The molecule has 2 N–H and O–H groups in total. The number of esters is 1. The number of hydrogen-bond acceptors (Lipinski definition) is 6. The third-order valence-electron chi connectivity index (χ3n) is 4.18. The van der Waals surface area contributed by atoms with Gasteiger partial charge in [-0.2, -0.15) is 0 Å². The molecule has 0 saturated carbocycles. The number of carbonyl (C=O) groups excluding carboxylic acids is 4. The van der Waals surface area contributed by atoms with E-state index in [9.17, 15) is 19.2 Å². The van der Waals surface area contributed by atoms with Crippen LogP contribution in [0.2, 0.25) is 0 Å². The maximum absolute atomic E-state index is 12.6. The van der Waals surface area contributed by atoms with Gasteiger partial charge in [-0.1, -0.05) is 18.2 Å². The number of rotatable bonds is 6. The van der Waals surface area contributed by atoms with Crippen molar-refractivity contribution in [2.45, 2.75) is 19.4 Å². The number of carbonyl (C=O) groups is 4. The van der Waals surface area contributed by atoms with E-state index in [-0.39, 0.29) is 13.0 Å². The molecule has 1 aliphatic rings. The zero-order chi connectivity index (χ0) is 20.1. The van der Waals surface area contributed by atoms with Crippen LogP contribution < -0.4 is 15.8 Å². The number of imide groups is 1. The SMILES string of the molecule is CCOC(=O)c1ccc(N2C(=O)C[C@@H](NNC(=O)c3ccccc3)C2=O)cc1. The second kappa shape index (κ2) is 8.45. The van der Waals surface area contributed by atoms with E-state index in [4.69, 9.17) is 4.74 Å². The number of benzene rings is 2. The standard InChI is InChI=1S/C20H19N3O5/c1-2-28-20(27)14-8-10-15(11-9-14)23-17(24)12-16(19(23)26)21-22-18(25)13-6-4-3-5-7-13/h3-11,16,21H,2,12H2,1H3,(H,22,25)/t16-/m1/s1. The molecule has 1 atom stereocenters. The summed E-state index contributed by atoms with van der Waals surface area (Å²) in [6.07, 6.45) is -0.0898. The fraction of sp³-hybridized carbons (Fsp3) is 0.200. The Morgan fingerprint density at radius 3 is 2.36 bits per heavy atom. The Morgan fingerprint density at radius 1 is 1.04 bits per heavy atom. The summed E-state index contributed by atoms with van der Waals surface area (Å²) >= 11 is 0. The van der Waals surface area contributed by atoms with Gasteiger partial charge < -0.3 is 4.74 Å². The largest absolute Gasteiger partial charge is 0.462 e. The number of nitrogens with one attached hydrogen (secondary N) is 2. The zero-order valence-electron chi connectivity index (χ0n) is 15.2. The lowest BCUT2D eigenvalue weighted by Crippen LogP contribution is -2.48. The van der Waals surface area contributed by atoms with E-state index >= 15 is 0 Å². The molecule has 144 valence electrons. The molecule has 0 unspecified atom stereocenters. The normalized spacial score (nSPS) is 16.2. The highest BCUT2D eigenvalue weighted by Gasteiger charge is 2.39. The number of ether oxygens (including phenoxy) is 1. The monoisotopic (exact) mass is 381 g/mol. The molecule has 0 bridgehead atoms. The van der Waals surface area contributed by atoms with Crippen LogP contribution in [-0.2, 0) is 14.3 Å². The molecule has 0 radical (unpaired) electrons. The van der Waals surface area contributed by atoms with Gasteiger partial charge in [0.25, 0.3) is 11.8 Å². The van der Waals surface area contributed by atoms with E-state index in [0.717, 1.165) is 4.90 Å². The Morgan fingerprint density at radius 2 is 1.71 bits per heavy atom. The summed E-state index contributed by atoms with van der Waals surface area (Å²) in [5.74, 6) is -1.77. The third-order valence-corrected chi connectivity index (χ3v) is 4.18. The summed E-state index contributed by atoms with van der Waals surface area (Å²) in [4.78, 5) is 49.7. The fourth-order valence-electron chi connectivity index (χ4n) is 2.79. The second-order valence-electron chi connectivity index (χ2n) is 6.06. The predicted molar refractivity (Wildman–Crippen MR) is 100 cm³/mol. The lowest BCUT2D eigenvalue weighted by molar-refractivity contribution is -0.121. The number of hydrogen-bond donors (Lipinski definition) is 2. The smallest absolute Gasteiger partial charge is 0.338 e. The average Bonchev–Trinajstić information content (AvgIpc) is 3.00. The Labute approximate surface area is 161 Å². The first-order chi connectivity index (χ1) is 13.5. The predicted octanol–water partition coefficient (Wildman–Crippen LogP) is 1.43. The minimum absolute atomic E-state index is 0.0898. The quantitative estimate of drug-likeness (QED) is 0.446. The number of anilines is 1. The van der Waals surface area contributed by atoms with E-state index in [2.05, 4.69) is 10.9 Å². The number of hydrazine groups is 1. The van der Waals surface area contributed by atoms with Crippen molar-refractivity contribution in [2.75, 3.05) is 11.5 Å². The van der Waals surface area contributed by atoms with Crippen molar-refractivity contribution in [2.24, 2.45) is 0 Å². The molecule has 0 aromatic heterocycles. The summed E-state index contributed by atoms with van der Waals surface area (Å²) in [7, 11) is 0. The molecule has 1 saturated heterocycles. The lowest BCUT2D eigenvalue weighted by atomic mass is 10.2. The summed E-state index contributed by atoms with van der Waals surface area (Å²) < 4.78 is 4.91. The molecule has 1 heterocycles. The highest BCUT2D eigenvalue weighted by Crippen LogP contribution is 2.23. The first kappa shape index (κ1) is 19.2. The topological polar surface area (TPSA) is 105 Å². The number of amides is 3. The van der Waals surface area contributed by atoms with Gasteiger partial charge in [-0.3, -0.25) is 19.8 Å². The van der Waals surface area contributed by atoms with Gasteiger partial charge in [0.1, 0.15) is 6.04 Å². The van der Waals surface area contributed by atoms with Crippen molar-refractivity contribution in [1.82, 2.24) is 10.9 Å². The fourth-order valence-corrected chi connectivity index (χ4v) is 2.79. The van der Waals surface area contributed by atoms with Crippen molar-refractivity contribution in [1.29, 1.82) is 0 Å². The molecule has 2 aromatic carbocycles. The third kappa shape index (κ3) is 4.07. The van der Waals surface area contributed by atoms with Crippen molar-refractivity contribution < 1.29 is 23.9 Å². The van der Waals surface area contributed by atoms with Gasteiger partial charge in [-0.05, 0) is 43.3 Å². The van der Waals surface area contributed by atoms with Crippen LogP contribution in [0, 0.1) is 0 Å². The lowest BCUT2D eigenvalue weighted by Gasteiger charge is -2.16. The van der Waals surface area contributed by atoms with E-state index in [1.165, 1.54) is 24.3 Å². The van der Waals surface area contributed by atoms with Crippen LogP contribution in [0.15, 0.2) is 54.6 Å². The van der Waals surface area contributed by atoms with Crippen LogP contribution in [0.1, 0.15) is 34.1 Å². The Balaban J connectivity index is 1.65. The van der Waals surface area contributed by atoms with Crippen LogP contribution in [0.4, 0.5) is 5.69 Å². The highest BCUT2D eigenvalue weighted by atomic mass is 16.5. The second-order valence-corrected chi connectivity index (χ2v) is 6.06. The van der Waals surface area contributed by atoms with Crippen molar-refractivity contribution >= 4 is 29.4 Å². The summed E-state index contributed by atoms with van der Waals surface area (Å²) in [5.41, 5.74) is 6.18. The number of nitrogens with zero attached hydrogens (tertiary/aromatic N) is 1. The van der Waals surface area contributed by atoms with Gasteiger partial charge in [0.15, 0.2) is 0 Å². The van der Waals surface area contributed by atoms with Gasteiger partial charge in [-0.15, -0.1) is 0 Å². The van der Waals surface area contributed by atoms with Crippen LogP contribution in [0.25, 0.3) is 0 Å². The molecular weight excluding hydrogens is 362 g/mol. The zero-order valence-corrected chi connectivity index (χ0v) is 15.2. The average molecular weight is 381 g/mol. The molecule has 0 spiro atoms. The molecule has 28 heavy (non-hydrogen) atoms. The van der Waals surface area contributed by atoms with Gasteiger partial charge in [0, 0.05) is 5.56 Å². The van der Waals surface area contributed by atoms with Gasteiger partial charge >= 0.3 is 5.97 Å². The molecule has 3 amide bonds. The van der Waals surface area contributed by atoms with Gasteiger partial charge in [-0.25, -0.2) is 15.1 Å². The summed E-state index contributed by atoms with van der Waals surface area (Å²) in [5, 5.41) is 0. The Hall–Kier alpha value is -3.52. The molecule has 8 nitrogen and oxygen atoms in total. The van der Waals surface area contributed by atoms with E-state index in [1.807, 2.05) is 0 Å². The van der Waals surface area contributed by atoms with E-state index in [0.29, 0.717) is 16.8 Å². The minimum atomic E-state index is -0.870. The molecule has 2 aromatic rings. The van der Waals surface area contributed by atoms with Gasteiger partial charge in [0.05, 0.1) is 24.3 Å². The molecule has 1 aliphatic heterocycles.